The molecule has 25 heavy (non-hydrogen) atoms. The number of carbonyl (C=O) groups is 1. The van der Waals surface area contributed by atoms with Crippen LogP contribution in [0.5, 0.6) is 5.75 Å². The second-order valence-electron chi connectivity index (χ2n) is 6.11. The Bertz CT molecular complexity index is 752. The Morgan fingerprint density at radius 2 is 1.96 bits per heavy atom. The highest BCUT2D eigenvalue weighted by Gasteiger charge is 2.37. The van der Waals surface area contributed by atoms with Crippen LogP contribution in [0, 0.1) is 3.57 Å². The molecule has 0 unspecified atom stereocenters. The van der Waals surface area contributed by atoms with Crippen molar-refractivity contribution < 1.29 is 18.3 Å². The molecule has 0 N–H and O–H groups in total. The second kappa shape index (κ2) is 7.68. The van der Waals surface area contributed by atoms with Crippen molar-refractivity contribution in [2.24, 2.45) is 0 Å². The Hall–Kier alpha value is -1.70. The first kappa shape index (κ1) is 18.1. The largest absolute Gasteiger partial charge is 0.488 e. The minimum atomic E-state index is -2.79. The predicted molar refractivity (Wildman–Crippen MR) is 100 cm³/mol. The molecule has 0 aliphatic carbocycles. The fraction of sp³-hybridized carbons (Fsp3) is 0.316. The summed E-state index contributed by atoms with van der Waals surface area (Å²) in [6.07, 6.45) is 0.175. The number of benzene rings is 2. The normalized spacial score (nSPS) is 16.5. The van der Waals surface area contributed by atoms with Crippen LogP contribution < -0.4 is 4.74 Å². The minimum absolute atomic E-state index is 0.152. The van der Waals surface area contributed by atoms with Gasteiger partial charge in [0.15, 0.2) is 0 Å². The zero-order valence-corrected chi connectivity index (χ0v) is 15.7. The first-order valence-electron chi connectivity index (χ1n) is 8.08. The third-order valence-electron chi connectivity index (χ3n) is 4.10. The molecule has 6 heteroatoms. The molecule has 0 bridgehead atoms. The quantitative estimate of drug-likeness (QED) is 0.621. The monoisotopic (exact) mass is 457 g/mol. The van der Waals surface area contributed by atoms with Crippen molar-refractivity contribution in [1.82, 2.24) is 4.90 Å². The van der Waals surface area contributed by atoms with Gasteiger partial charge in [0, 0.05) is 18.5 Å². The Kier molecular flexibility index (Phi) is 5.56. The van der Waals surface area contributed by atoms with E-state index in [-0.39, 0.29) is 12.3 Å². The highest BCUT2D eigenvalue weighted by atomic mass is 127. The van der Waals surface area contributed by atoms with Crippen molar-refractivity contribution in [3.05, 3.63) is 63.2 Å². The maximum absolute atomic E-state index is 13.5. The Morgan fingerprint density at radius 1 is 1.20 bits per heavy atom. The summed E-state index contributed by atoms with van der Waals surface area (Å²) in [6.45, 7) is 0.300. The lowest BCUT2D eigenvalue weighted by molar-refractivity contribution is -0.0560. The first-order valence-corrected chi connectivity index (χ1v) is 9.16. The van der Waals surface area contributed by atoms with Gasteiger partial charge in [-0.05, 0) is 52.8 Å². The van der Waals surface area contributed by atoms with Crippen LogP contribution in [0.1, 0.15) is 28.8 Å². The summed E-state index contributed by atoms with van der Waals surface area (Å²) in [6, 6.07) is 14.8. The molecule has 1 aliphatic heterocycles. The molecule has 1 saturated heterocycles. The van der Waals surface area contributed by atoms with E-state index < -0.39 is 12.5 Å². The van der Waals surface area contributed by atoms with Gasteiger partial charge >= 0.3 is 0 Å². The number of piperidine rings is 1. The van der Waals surface area contributed by atoms with Gasteiger partial charge in [0.2, 0.25) is 0 Å². The topological polar surface area (TPSA) is 29.5 Å². The second-order valence-corrected chi connectivity index (χ2v) is 7.27. The van der Waals surface area contributed by atoms with Gasteiger partial charge in [0.25, 0.3) is 11.8 Å². The molecule has 1 fully saturated rings. The fourth-order valence-corrected chi connectivity index (χ4v) is 3.48. The van der Waals surface area contributed by atoms with Crippen LogP contribution in [0.15, 0.2) is 48.5 Å². The van der Waals surface area contributed by atoms with E-state index >= 15 is 0 Å². The summed E-state index contributed by atoms with van der Waals surface area (Å²) in [5, 5.41) is 0. The van der Waals surface area contributed by atoms with Gasteiger partial charge in [0.05, 0.1) is 10.1 Å². The van der Waals surface area contributed by atoms with Gasteiger partial charge in [-0.1, -0.05) is 30.3 Å². The number of rotatable bonds is 4. The Balaban J connectivity index is 1.68. The van der Waals surface area contributed by atoms with E-state index in [0.29, 0.717) is 30.9 Å². The molecule has 3 nitrogen and oxygen atoms in total. The Morgan fingerprint density at radius 3 is 2.64 bits per heavy atom. The molecule has 0 radical (unpaired) electrons. The van der Waals surface area contributed by atoms with Crippen LogP contribution in [0.25, 0.3) is 0 Å². The summed E-state index contributed by atoms with van der Waals surface area (Å²) < 4.78 is 33.6. The smallest absolute Gasteiger partial charge is 0.265 e. The molecule has 1 aliphatic rings. The number of hydrogen-bond acceptors (Lipinski definition) is 2. The number of carbonyl (C=O) groups excluding carboxylic acids is 1. The molecule has 1 amide bonds. The average Bonchev–Trinajstić information content (AvgIpc) is 2.60. The fourth-order valence-electron chi connectivity index (χ4n) is 2.81. The standard InChI is InChI=1S/C19H18F2INO2/c20-19(21)9-4-10-23(13-19)18(24)15-7-8-17(16(22)11-15)25-12-14-5-2-1-3-6-14/h1-3,5-8,11H,4,9-10,12-13H2. The molecule has 0 aromatic heterocycles. The van der Waals surface area contributed by atoms with E-state index in [1.807, 2.05) is 30.3 Å². The van der Waals surface area contributed by atoms with Crippen LogP contribution in [-0.2, 0) is 6.61 Å². The number of amides is 1. The molecule has 3 rings (SSSR count). The summed E-state index contributed by atoms with van der Waals surface area (Å²) >= 11 is 2.10. The maximum Gasteiger partial charge on any atom is 0.265 e. The molecule has 1 heterocycles. The number of ether oxygens (including phenoxy) is 1. The SMILES string of the molecule is O=C(c1ccc(OCc2ccccc2)c(I)c1)N1CCCC(F)(F)C1. The number of hydrogen-bond donors (Lipinski definition) is 0. The lowest BCUT2D eigenvalue weighted by atomic mass is 10.1. The van der Waals surface area contributed by atoms with Crippen LogP contribution in [-0.4, -0.2) is 29.8 Å². The van der Waals surface area contributed by atoms with Gasteiger partial charge in [-0.25, -0.2) is 8.78 Å². The van der Waals surface area contributed by atoms with Crippen molar-refractivity contribution >= 4 is 28.5 Å². The molecule has 0 saturated carbocycles. The number of alkyl halides is 2. The van der Waals surface area contributed by atoms with Gasteiger partial charge in [0.1, 0.15) is 12.4 Å². The first-order chi connectivity index (χ1) is 11.9. The highest BCUT2D eigenvalue weighted by molar-refractivity contribution is 14.1. The van der Waals surface area contributed by atoms with E-state index in [9.17, 15) is 13.6 Å². The van der Waals surface area contributed by atoms with Gasteiger partial charge in [-0.2, -0.15) is 0 Å². The van der Waals surface area contributed by atoms with E-state index in [2.05, 4.69) is 22.6 Å². The van der Waals surface area contributed by atoms with Gasteiger partial charge in [-0.3, -0.25) is 4.79 Å². The Labute approximate surface area is 159 Å². The molecule has 0 spiro atoms. The van der Waals surface area contributed by atoms with Crippen molar-refractivity contribution in [2.45, 2.75) is 25.4 Å². The van der Waals surface area contributed by atoms with Crippen LogP contribution in [0.4, 0.5) is 8.78 Å². The van der Waals surface area contributed by atoms with Gasteiger partial charge in [-0.15, -0.1) is 0 Å². The van der Waals surface area contributed by atoms with E-state index in [1.165, 1.54) is 4.90 Å². The summed E-state index contributed by atoms with van der Waals surface area (Å²) in [5.41, 5.74) is 1.46. The van der Waals surface area contributed by atoms with Crippen molar-refractivity contribution in [3.63, 3.8) is 0 Å². The lowest BCUT2D eigenvalue weighted by Gasteiger charge is -2.32. The molecule has 0 atom stereocenters. The van der Waals surface area contributed by atoms with Crippen LogP contribution in [0.3, 0.4) is 0 Å². The van der Waals surface area contributed by atoms with E-state index in [0.717, 1.165) is 9.13 Å². The van der Waals surface area contributed by atoms with Gasteiger partial charge < -0.3 is 9.64 Å². The predicted octanol–water partition coefficient (Wildman–Crippen LogP) is 4.74. The minimum Gasteiger partial charge on any atom is -0.488 e. The molecular weight excluding hydrogens is 439 g/mol. The molecule has 132 valence electrons. The zero-order chi connectivity index (χ0) is 17.9. The van der Waals surface area contributed by atoms with Crippen molar-refractivity contribution in [2.75, 3.05) is 13.1 Å². The molecule has 2 aromatic carbocycles. The third kappa shape index (κ3) is 4.68. The van der Waals surface area contributed by atoms with E-state index in [4.69, 9.17) is 4.74 Å². The summed E-state index contributed by atoms with van der Waals surface area (Å²) in [7, 11) is 0. The summed E-state index contributed by atoms with van der Waals surface area (Å²) in [5.74, 6) is -2.48. The zero-order valence-electron chi connectivity index (χ0n) is 13.6. The van der Waals surface area contributed by atoms with Crippen LogP contribution >= 0.6 is 22.6 Å². The summed E-state index contributed by atoms with van der Waals surface area (Å²) in [4.78, 5) is 13.7. The molecule has 2 aromatic rings. The average molecular weight is 457 g/mol. The number of nitrogens with zero attached hydrogens (tertiary/aromatic N) is 1. The van der Waals surface area contributed by atoms with Crippen molar-refractivity contribution in [3.8, 4) is 5.75 Å². The van der Waals surface area contributed by atoms with E-state index in [1.54, 1.807) is 18.2 Å². The number of halogens is 3. The highest BCUT2D eigenvalue weighted by Crippen LogP contribution is 2.29. The van der Waals surface area contributed by atoms with Crippen LogP contribution in [0.2, 0.25) is 0 Å². The molecular formula is C19H18F2INO2. The maximum atomic E-state index is 13.5. The number of likely N-dealkylation sites (tertiary alicyclic amines) is 1. The lowest BCUT2D eigenvalue weighted by Crippen LogP contribution is -2.45. The van der Waals surface area contributed by atoms with Crippen molar-refractivity contribution in [1.29, 1.82) is 0 Å². The third-order valence-corrected chi connectivity index (χ3v) is 4.94.